The van der Waals surface area contributed by atoms with E-state index in [1.54, 1.807) is 13.3 Å². The molecule has 2 aromatic heterocycles. The van der Waals surface area contributed by atoms with Crippen LogP contribution in [0.2, 0.25) is 0 Å². The Balaban J connectivity index is 2.12. The van der Waals surface area contributed by atoms with Gasteiger partial charge in [-0.15, -0.1) is 0 Å². The Labute approximate surface area is 118 Å². The fourth-order valence-electron chi connectivity index (χ4n) is 1.93. The Morgan fingerprint density at radius 2 is 2.15 bits per heavy atom. The van der Waals surface area contributed by atoms with Gasteiger partial charge < -0.3 is 15.8 Å². The molecule has 0 bridgehead atoms. The topological polar surface area (TPSA) is 86.0 Å². The molecule has 6 nitrogen and oxygen atoms in total. The van der Waals surface area contributed by atoms with Crippen molar-refractivity contribution in [3.05, 3.63) is 35.8 Å². The molecule has 2 aromatic rings. The zero-order chi connectivity index (χ0) is 14.4. The third-order valence-electron chi connectivity index (χ3n) is 2.95. The number of aromatic nitrogens is 3. The SMILES string of the molecule is CCCc1c(N)ncnc1NCc1ccnc(OC)c1. The van der Waals surface area contributed by atoms with Crippen LogP contribution in [0.25, 0.3) is 0 Å². The minimum absolute atomic E-state index is 0.539. The molecule has 0 saturated carbocycles. The van der Waals surface area contributed by atoms with Gasteiger partial charge in [-0.05, 0) is 18.1 Å². The average molecular weight is 273 g/mol. The number of hydrogen-bond donors (Lipinski definition) is 2. The van der Waals surface area contributed by atoms with E-state index >= 15 is 0 Å². The van der Waals surface area contributed by atoms with Gasteiger partial charge in [-0.2, -0.15) is 0 Å². The monoisotopic (exact) mass is 273 g/mol. The van der Waals surface area contributed by atoms with Crippen molar-refractivity contribution in [2.75, 3.05) is 18.2 Å². The fourth-order valence-corrected chi connectivity index (χ4v) is 1.93. The summed E-state index contributed by atoms with van der Waals surface area (Å²) in [5, 5.41) is 3.29. The molecule has 106 valence electrons. The zero-order valence-corrected chi connectivity index (χ0v) is 11.8. The molecule has 0 amide bonds. The number of nitrogens with one attached hydrogen (secondary N) is 1. The summed E-state index contributed by atoms with van der Waals surface area (Å²) in [5.41, 5.74) is 7.94. The van der Waals surface area contributed by atoms with Gasteiger partial charge in [-0.1, -0.05) is 13.3 Å². The Hall–Kier alpha value is -2.37. The number of nitrogens with zero attached hydrogens (tertiary/aromatic N) is 3. The van der Waals surface area contributed by atoms with Gasteiger partial charge in [-0.25, -0.2) is 15.0 Å². The van der Waals surface area contributed by atoms with Crippen LogP contribution in [0.15, 0.2) is 24.7 Å². The van der Waals surface area contributed by atoms with Gasteiger partial charge in [0, 0.05) is 24.4 Å². The molecule has 0 aliphatic carbocycles. The molecule has 6 heteroatoms. The van der Waals surface area contributed by atoms with E-state index in [2.05, 4.69) is 27.2 Å². The number of hydrogen-bond acceptors (Lipinski definition) is 6. The van der Waals surface area contributed by atoms with Crippen LogP contribution in [0.3, 0.4) is 0 Å². The van der Waals surface area contributed by atoms with Crippen molar-refractivity contribution < 1.29 is 4.74 Å². The molecule has 0 unspecified atom stereocenters. The lowest BCUT2D eigenvalue weighted by Crippen LogP contribution is -2.08. The van der Waals surface area contributed by atoms with Gasteiger partial charge >= 0.3 is 0 Å². The number of methoxy groups -OCH3 is 1. The molecule has 0 atom stereocenters. The molecule has 0 aliphatic heterocycles. The summed E-state index contributed by atoms with van der Waals surface area (Å²) in [6.45, 7) is 2.73. The number of nitrogen functional groups attached to an aromatic ring is 1. The number of ether oxygens (including phenoxy) is 1. The van der Waals surface area contributed by atoms with E-state index < -0.39 is 0 Å². The molecule has 20 heavy (non-hydrogen) atoms. The summed E-state index contributed by atoms with van der Waals surface area (Å²) in [6, 6.07) is 3.82. The van der Waals surface area contributed by atoms with Crippen molar-refractivity contribution in [1.82, 2.24) is 15.0 Å². The zero-order valence-electron chi connectivity index (χ0n) is 11.8. The fraction of sp³-hybridized carbons (Fsp3) is 0.357. The van der Waals surface area contributed by atoms with Crippen molar-refractivity contribution in [2.24, 2.45) is 0 Å². The van der Waals surface area contributed by atoms with Gasteiger partial charge in [-0.3, -0.25) is 0 Å². The first-order chi connectivity index (χ1) is 9.74. The van der Waals surface area contributed by atoms with Gasteiger partial charge in [0.05, 0.1) is 7.11 Å². The van der Waals surface area contributed by atoms with E-state index in [0.29, 0.717) is 18.2 Å². The Bertz CT molecular complexity index is 573. The molecule has 0 saturated heterocycles. The smallest absolute Gasteiger partial charge is 0.213 e. The van der Waals surface area contributed by atoms with Crippen LogP contribution in [-0.2, 0) is 13.0 Å². The van der Waals surface area contributed by atoms with E-state index in [9.17, 15) is 0 Å². The van der Waals surface area contributed by atoms with Crippen molar-refractivity contribution in [1.29, 1.82) is 0 Å². The second kappa shape index (κ2) is 6.70. The maximum absolute atomic E-state index is 5.90. The standard InChI is InChI=1S/C14H19N5O/c1-3-4-11-13(15)18-9-19-14(11)17-8-10-5-6-16-12(7-10)20-2/h5-7,9H,3-4,8H2,1-2H3,(H3,15,17,18,19). The molecular weight excluding hydrogens is 254 g/mol. The lowest BCUT2D eigenvalue weighted by Gasteiger charge is -2.12. The summed E-state index contributed by atoms with van der Waals surface area (Å²) in [4.78, 5) is 12.4. The van der Waals surface area contributed by atoms with E-state index in [0.717, 1.165) is 29.8 Å². The van der Waals surface area contributed by atoms with Crippen molar-refractivity contribution in [2.45, 2.75) is 26.3 Å². The molecular formula is C14H19N5O. The third kappa shape index (κ3) is 3.34. The quantitative estimate of drug-likeness (QED) is 0.837. The van der Waals surface area contributed by atoms with Crippen molar-refractivity contribution in [3.8, 4) is 5.88 Å². The number of anilines is 2. The first kappa shape index (κ1) is 14.0. The second-order valence-electron chi connectivity index (χ2n) is 4.40. The second-order valence-corrected chi connectivity index (χ2v) is 4.40. The van der Waals surface area contributed by atoms with Gasteiger partial charge in [0.2, 0.25) is 5.88 Å². The Morgan fingerprint density at radius 1 is 1.30 bits per heavy atom. The van der Waals surface area contributed by atoms with Crippen LogP contribution in [0.5, 0.6) is 5.88 Å². The van der Waals surface area contributed by atoms with Crippen molar-refractivity contribution in [3.63, 3.8) is 0 Å². The lowest BCUT2D eigenvalue weighted by atomic mass is 10.1. The molecule has 0 aromatic carbocycles. The lowest BCUT2D eigenvalue weighted by molar-refractivity contribution is 0.397. The molecule has 3 N–H and O–H groups in total. The van der Waals surface area contributed by atoms with Crippen LogP contribution in [0.1, 0.15) is 24.5 Å². The number of nitrogens with two attached hydrogens (primary N) is 1. The molecule has 0 fully saturated rings. The van der Waals surface area contributed by atoms with Gasteiger partial charge in [0.1, 0.15) is 18.0 Å². The summed E-state index contributed by atoms with van der Waals surface area (Å²) >= 11 is 0. The molecule has 0 spiro atoms. The van der Waals surface area contributed by atoms with E-state index in [-0.39, 0.29) is 0 Å². The van der Waals surface area contributed by atoms with E-state index in [4.69, 9.17) is 10.5 Å². The van der Waals surface area contributed by atoms with Crippen LogP contribution < -0.4 is 15.8 Å². The minimum atomic E-state index is 0.539. The van der Waals surface area contributed by atoms with Gasteiger partial charge in [0.15, 0.2) is 0 Å². The van der Waals surface area contributed by atoms with Crippen molar-refractivity contribution >= 4 is 11.6 Å². The maximum atomic E-state index is 5.90. The third-order valence-corrected chi connectivity index (χ3v) is 2.95. The van der Waals surface area contributed by atoms with E-state index in [1.165, 1.54) is 6.33 Å². The summed E-state index contributed by atoms with van der Waals surface area (Å²) in [6.07, 6.45) is 5.05. The first-order valence-electron chi connectivity index (χ1n) is 6.56. The van der Waals surface area contributed by atoms with Crippen LogP contribution in [0.4, 0.5) is 11.6 Å². The summed E-state index contributed by atoms with van der Waals surface area (Å²) < 4.78 is 5.10. The largest absolute Gasteiger partial charge is 0.481 e. The predicted octanol–water partition coefficient (Wildman–Crippen LogP) is 2.03. The minimum Gasteiger partial charge on any atom is -0.481 e. The summed E-state index contributed by atoms with van der Waals surface area (Å²) in [5.74, 6) is 1.92. The highest BCUT2D eigenvalue weighted by Gasteiger charge is 2.08. The first-order valence-corrected chi connectivity index (χ1v) is 6.56. The van der Waals surface area contributed by atoms with Crippen LogP contribution in [-0.4, -0.2) is 22.1 Å². The van der Waals surface area contributed by atoms with Crippen LogP contribution >= 0.6 is 0 Å². The highest BCUT2D eigenvalue weighted by Crippen LogP contribution is 2.20. The number of pyridine rings is 1. The Morgan fingerprint density at radius 3 is 2.90 bits per heavy atom. The van der Waals surface area contributed by atoms with Gasteiger partial charge in [0.25, 0.3) is 0 Å². The molecule has 2 heterocycles. The highest BCUT2D eigenvalue weighted by atomic mass is 16.5. The Kier molecular flexibility index (Phi) is 4.70. The normalized spacial score (nSPS) is 10.3. The number of rotatable bonds is 6. The predicted molar refractivity (Wildman–Crippen MR) is 78.6 cm³/mol. The molecule has 2 rings (SSSR count). The highest BCUT2D eigenvalue weighted by molar-refractivity contribution is 5.55. The maximum Gasteiger partial charge on any atom is 0.213 e. The molecule has 0 aliphatic rings. The van der Waals surface area contributed by atoms with E-state index in [1.807, 2.05) is 12.1 Å². The van der Waals surface area contributed by atoms with Crippen LogP contribution in [0, 0.1) is 0 Å². The molecule has 0 radical (unpaired) electrons. The average Bonchev–Trinajstić information content (AvgIpc) is 2.48. The summed E-state index contributed by atoms with van der Waals surface area (Å²) in [7, 11) is 1.60.